The number of benzene rings is 1. The predicted octanol–water partition coefficient (Wildman–Crippen LogP) is 4.92. The largest absolute Gasteiger partial charge is 0.352 e. The summed E-state index contributed by atoms with van der Waals surface area (Å²) in [5.41, 5.74) is 2.23. The molecule has 1 amide bonds. The molecule has 0 unspecified atom stereocenters. The van der Waals surface area contributed by atoms with E-state index in [4.69, 9.17) is 0 Å². The van der Waals surface area contributed by atoms with Crippen molar-refractivity contribution in [2.75, 3.05) is 11.9 Å². The molecular formula is C18H28BrNO. The maximum absolute atomic E-state index is 12.2. The van der Waals surface area contributed by atoms with Crippen molar-refractivity contribution in [1.29, 1.82) is 0 Å². The van der Waals surface area contributed by atoms with Gasteiger partial charge in [-0.05, 0) is 41.4 Å². The summed E-state index contributed by atoms with van der Waals surface area (Å²) in [4.78, 5) is 12.2. The summed E-state index contributed by atoms with van der Waals surface area (Å²) in [5.74, 6) is 0.0161. The van der Waals surface area contributed by atoms with Gasteiger partial charge >= 0.3 is 0 Å². The number of nitrogens with one attached hydrogen (secondary N) is 1. The Morgan fingerprint density at radius 3 is 2.14 bits per heavy atom. The third-order valence-electron chi connectivity index (χ3n) is 3.73. The van der Waals surface area contributed by atoms with Crippen molar-refractivity contribution in [2.45, 2.75) is 52.9 Å². The molecule has 2 nitrogen and oxygen atoms in total. The standard InChI is InChI=1S/C18H28BrNO/c1-17(2,3)15-9-7-14(8-10-15)16(21)20-13-18(4,5)11-6-12-19/h7-10H,6,11-13H2,1-5H3,(H,20,21). The van der Waals surface area contributed by atoms with Crippen LogP contribution in [0.5, 0.6) is 0 Å². The van der Waals surface area contributed by atoms with Crippen molar-refractivity contribution >= 4 is 21.8 Å². The quantitative estimate of drug-likeness (QED) is 0.722. The van der Waals surface area contributed by atoms with Crippen LogP contribution in [0.2, 0.25) is 0 Å². The maximum Gasteiger partial charge on any atom is 0.251 e. The average Bonchev–Trinajstić information content (AvgIpc) is 2.42. The Balaban J connectivity index is 2.60. The number of carbonyl (C=O) groups is 1. The summed E-state index contributed by atoms with van der Waals surface area (Å²) in [5, 5.41) is 4.06. The number of rotatable bonds is 6. The van der Waals surface area contributed by atoms with Gasteiger partial charge in [-0.3, -0.25) is 4.79 Å². The highest BCUT2D eigenvalue weighted by atomic mass is 79.9. The molecule has 0 saturated carbocycles. The van der Waals surface area contributed by atoms with Gasteiger partial charge in [-0.15, -0.1) is 0 Å². The van der Waals surface area contributed by atoms with Crippen LogP contribution in [0.1, 0.15) is 63.4 Å². The summed E-state index contributed by atoms with van der Waals surface area (Å²) >= 11 is 3.45. The van der Waals surface area contributed by atoms with Crippen molar-refractivity contribution in [3.8, 4) is 0 Å². The summed E-state index contributed by atoms with van der Waals surface area (Å²) in [7, 11) is 0. The minimum atomic E-state index is 0.0161. The van der Waals surface area contributed by atoms with Gasteiger partial charge in [-0.2, -0.15) is 0 Å². The number of carbonyl (C=O) groups excluding carboxylic acids is 1. The van der Waals surface area contributed by atoms with E-state index >= 15 is 0 Å². The van der Waals surface area contributed by atoms with Gasteiger partial charge in [0.25, 0.3) is 5.91 Å². The first-order chi connectivity index (χ1) is 9.65. The zero-order valence-electron chi connectivity index (χ0n) is 13.9. The minimum Gasteiger partial charge on any atom is -0.352 e. The zero-order chi connectivity index (χ0) is 16.1. The van der Waals surface area contributed by atoms with Crippen LogP contribution in [-0.4, -0.2) is 17.8 Å². The highest BCUT2D eigenvalue weighted by Gasteiger charge is 2.19. The maximum atomic E-state index is 12.2. The first-order valence-electron chi connectivity index (χ1n) is 7.60. The fourth-order valence-corrected chi connectivity index (χ4v) is 2.46. The number of hydrogen-bond acceptors (Lipinski definition) is 1. The van der Waals surface area contributed by atoms with Crippen LogP contribution in [0.3, 0.4) is 0 Å². The molecule has 21 heavy (non-hydrogen) atoms. The van der Waals surface area contributed by atoms with Gasteiger partial charge in [-0.25, -0.2) is 0 Å². The number of amides is 1. The molecule has 0 radical (unpaired) electrons. The molecule has 0 bridgehead atoms. The topological polar surface area (TPSA) is 29.1 Å². The minimum absolute atomic E-state index is 0.0161. The Labute approximate surface area is 137 Å². The van der Waals surface area contributed by atoms with Gasteiger partial charge in [-0.1, -0.05) is 62.7 Å². The summed E-state index contributed by atoms with van der Waals surface area (Å²) < 4.78 is 0. The van der Waals surface area contributed by atoms with Crippen molar-refractivity contribution in [2.24, 2.45) is 5.41 Å². The van der Waals surface area contributed by atoms with Crippen molar-refractivity contribution in [1.82, 2.24) is 5.32 Å². The average molecular weight is 354 g/mol. The second-order valence-corrected chi connectivity index (χ2v) is 8.26. The molecular weight excluding hydrogens is 326 g/mol. The molecule has 0 aliphatic rings. The Hall–Kier alpha value is -0.830. The third kappa shape index (κ3) is 6.21. The van der Waals surface area contributed by atoms with Crippen molar-refractivity contribution in [3.63, 3.8) is 0 Å². The first kappa shape index (κ1) is 18.2. The molecule has 1 rings (SSSR count). The van der Waals surface area contributed by atoms with Crippen LogP contribution in [0.25, 0.3) is 0 Å². The normalized spacial score (nSPS) is 12.3. The molecule has 3 heteroatoms. The monoisotopic (exact) mass is 353 g/mol. The van der Waals surface area contributed by atoms with Gasteiger partial charge in [0.2, 0.25) is 0 Å². The van der Waals surface area contributed by atoms with Gasteiger partial charge in [0, 0.05) is 17.4 Å². The van der Waals surface area contributed by atoms with Crippen molar-refractivity contribution in [3.05, 3.63) is 35.4 Å². The van der Waals surface area contributed by atoms with Crippen LogP contribution >= 0.6 is 15.9 Å². The highest BCUT2D eigenvalue weighted by molar-refractivity contribution is 9.09. The van der Waals surface area contributed by atoms with Gasteiger partial charge < -0.3 is 5.32 Å². The molecule has 1 N–H and O–H groups in total. The van der Waals surface area contributed by atoms with E-state index < -0.39 is 0 Å². The fraction of sp³-hybridized carbons (Fsp3) is 0.611. The van der Waals surface area contributed by atoms with Gasteiger partial charge in [0.05, 0.1) is 0 Å². The van der Waals surface area contributed by atoms with Crippen molar-refractivity contribution < 1.29 is 4.79 Å². The number of hydrogen-bond donors (Lipinski definition) is 1. The summed E-state index contributed by atoms with van der Waals surface area (Å²) in [6.07, 6.45) is 2.23. The van der Waals surface area contributed by atoms with Gasteiger partial charge in [0.15, 0.2) is 0 Å². The van der Waals surface area contributed by atoms with Crippen LogP contribution in [0, 0.1) is 5.41 Å². The number of alkyl halides is 1. The van der Waals surface area contributed by atoms with E-state index in [9.17, 15) is 4.79 Å². The zero-order valence-corrected chi connectivity index (χ0v) is 15.5. The lowest BCUT2D eigenvalue weighted by atomic mass is 9.86. The predicted molar refractivity (Wildman–Crippen MR) is 94.3 cm³/mol. The van der Waals surface area contributed by atoms with E-state index in [0.717, 1.165) is 23.7 Å². The smallest absolute Gasteiger partial charge is 0.251 e. The lowest BCUT2D eigenvalue weighted by Gasteiger charge is -2.24. The molecule has 118 valence electrons. The lowest BCUT2D eigenvalue weighted by molar-refractivity contribution is 0.0934. The lowest BCUT2D eigenvalue weighted by Crippen LogP contribution is -2.34. The molecule has 0 aromatic heterocycles. The Morgan fingerprint density at radius 2 is 1.67 bits per heavy atom. The Kier molecular flexibility index (Phi) is 6.45. The molecule has 0 heterocycles. The molecule has 0 aliphatic heterocycles. The second-order valence-electron chi connectivity index (χ2n) is 7.47. The van der Waals surface area contributed by atoms with Crippen LogP contribution in [0.15, 0.2) is 24.3 Å². The van der Waals surface area contributed by atoms with Crippen LogP contribution < -0.4 is 5.32 Å². The Morgan fingerprint density at radius 1 is 1.10 bits per heavy atom. The second kappa shape index (κ2) is 7.44. The fourth-order valence-electron chi connectivity index (χ4n) is 2.18. The summed E-state index contributed by atoms with van der Waals surface area (Å²) in [6, 6.07) is 7.93. The van der Waals surface area contributed by atoms with E-state index in [1.807, 2.05) is 24.3 Å². The molecule has 1 aromatic carbocycles. The molecule has 1 aromatic rings. The molecule has 0 spiro atoms. The van der Waals surface area contributed by atoms with Crippen LogP contribution in [0.4, 0.5) is 0 Å². The van der Waals surface area contributed by atoms with Crippen LogP contribution in [-0.2, 0) is 5.41 Å². The van der Waals surface area contributed by atoms with E-state index in [2.05, 4.69) is 55.9 Å². The van der Waals surface area contributed by atoms with E-state index in [1.54, 1.807) is 0 Å². The molecule has 0 aliphatic carbocycles. The van der Waals surface area contributed by atoms with E-state index in [-0.39, 0.29) is 16.7 Å². The molecule has 0 fully saturated rings. The Bertz CT molecular complexity index is 457. The molecule has 0 saturated heterocycles. The SMILES string of the molecule is CC(C)(CCCBr)CNC(=O)c1ccc(C(C)(C)C)cc1. The number of halogens is 1. The summed E-state index contributed by atoms with van der Waals surface area (Å²) in [6.45, 7) is 11.6. The van der Waals surface area contributed by atoms with Gasteiger partial charge in [0.1, 0.15) is 0 Å². The first-order valence-corrected chi connectivity index (χ1v) is 8.72. The van der Waals surface area contributed by atoms with E-state index in [1.165, 1.54) is 5.56 Å². The third-order valence-corrected chi connectivity index (χ3v) is 4.29. The molecule has 0 atom stereocenters. The highest BCUT2D eigenvalue weighted by Crippen LogP contribution is 2.23. The van der Waals surface area contributed by atoms with E-state index in [0.29, 0.717) is 6.54 Å².